The van der Waals surface area contributed by atoms with Crippen molar-refractivity contribution in [3.05, 3.63) is 48.6 Å². The van der Waals surface area contributed by atoms with Crippen LogP contribution >= 0.6 is 7.82 Å². The Morgan fingerprint density at radius 3 is 1.58 bits per heavy atom. The summed E-state index contributed by atoms with van der Waals surface area (Å²) in [6.45, 7) is 3.10. The molecule has 0 bridgehead atoms. The third kappa shape index (κ3) is 24.9. The van der Waals surface area contributed by atoms with Gasteiger partial charge in [-0.3, -0.25) is 18.6 Å². The Bertz CT molecular complexity index is 1160. The van der Waals surface area contributed by atoms with Crippen LogP contribution in [0.1, 0.15) is 142 Å². The molecule has 1 aliphatic rings. The second kappa shape index (κ2) is 31.8. The molecule has 1 saturated carbocycles. The Balaban J connectivity index is 2.55. The van der Waals surface area contributed by atoms with E-state index in [4.69, 9.17) is 18.5 Å². The van der Waals surface area contributed by atoms with Crippen LogP contribution in [0.15, 0.2) is 48.6 Å². The van der Waals surface area contributed by atoms with E-state index in [1.807, 2.05) is 0 Å². The number of ether oxygens (including phenoxy) is 2. The maximum absolute atomic E-state index is 12.8. The molecular formula is C41H71O13P. The first-order valence-electron chi connectivity index (χ1n) is 20.4. The average Bonchev–Trinajstić information content (AvgIpc) is 3.16. The maximum atomic E-state index is 12.8. The number of allylic oxidation sites excluding steroid dienone is 8. The van der Waals surface area contributed by atoms with E-state index < -0.39 is 75.7 Å². The smallest absolute Gasteiger partial charge is 0.462 e. The Hall–Kier alpha value is -2.19. The first-order valence-corrected chi connectivity index (χ1v) is 21.9. The van der Waals surface area contributed by atoms with Crippen LogP contribution in [0.2, 0.25) is 0 Å². The van der Waals surface area contributed by atoms with Crippen LogP contribution < -0.4 is 0 Å². The van der Waals surface area contributed by atoms with Crippen LogP contribution in [0, 0.1) is 0 Å². The number of phosphoric acid groups is 1. The lowest BCUT2D eigenvalue weighted by Gasteiger charge is -2.41. The lowest BCUT2D eigenvalue weighted by atomic mass is 9.85. The van der Waals surface area contributed by atoms with Crippen molar-refractivity contribution in [2.24, 2.45) is 0 Å². The third-order valence-electron chi connectivity index (χ3n) is 9.18. The summed E-state index contributed by atoms with van der Waals surface area (Å²) in [5.41, 5.74) is 0. The van der Waals surface area contributed by atoms with Crippen molar-refractivity contribution in [3.8, 4) is 0 Å². The minimum atomic E-state index is -5.12. The van der Waals surface area contributed by atoms with Crippen molar-refractivity contribution in [1.29, 1.82) is 0 Å². The van der Waals surface area contributed by atoms with Crippen LogP contribution in [0.3, 0.4) is 0 Å². The quantitative estimate of drug-likeness (QED) is 0.0179. The van der Waals surface area contributed by atoms with Gasteiger partial charge in [-0.1, -0.05) is 127 Å². The van der Waals surface area contributed by atoms with E-state index in [0.29, 0.717) is 12.8 Å². The number of carbonyl (C=O) groups excluding carboxylic acids is 2. The first-order chi connectivity index (χ1) is 26.4. The molecule has 13 nitrogen and oxygen atoms in total. The maximum Gasteiger partial charge on any atom is 0.472 e. The third-order valence-corrected chi connectivity index (χ3v) is 10.2. The number of rotatable bonds is 32. The molecule has 8 atom stereocenters. The summed E-state index contributed by atoms with van der Waals surface area (Å²) in [5, 5.41) is 50.0. The summed E-state index contributed by atoms with van der Waals surface area (Å²) in [6.07, 6.45) is 21.9. The van der Waals surface area contributed by atoms with Gasteiger partial charge in [0.05, 0.1) is 6.61 Å². The van der Waals surface area contributed by atoms with Gasteiger partial charge in [-0.25, -0.2) is 4.57 Å². The lowest BCUT2D eigenvalue weighted by Crippen LogP contribution is -2.64. The van der Waals surface area contributed by atoms with Gasteiger partial charge in [0.15, 0.2) is 6.10 Å². The number of aliphatic hydroxyl groups is 5. The Labute approximate surface area is 329 Å². The molecule has 0 amide bonds. The molecule has 0 aromatic rings. The molecule has 1 aliphatic carbocycles. The van der Waals surface area contributed by atoms with Crippen molar-refractivity contribution >= 4 is 19.8 Å². The van der Waals surface area contributed by atoms with E-state index in [2.05, 4.69) is 62.5 Å². The van der Waals surface area contributed by atoms with Gasteiger partial charge < -0.3 is 39.9 Å². The van der Waals surface area contributed by atoms with E-state index in [0.717, 1.165) is 64.2 Å². The van der Waals surface area contributed by atoms with Gasteiger partial charge >= 0.3 is 19.8 Å². The monoisotopic (exact) mass is 802 g/mol. The van der Waals surface area contributed by atoms with E-state index >= 15 is 0 Å². The number of aliphatic hydroxyl groups excluding tert-OH is 5. The predicted octanol–water partition coefficient (Wildman–Crippen LogP) is 6.83. The molecular weight excluding hydrogens is 731 g/mol. The van der Waals surface area contributed by atoms with Gasteiger partial charge in [0, 0.05) is 12.8 Å². The zero-order chi connectivity index (χ0) is 40.7. The van der Waals surface area contributed by atoms with Gasteiger partial charge in [-0.05, 0) is 51.4 Å². The van der Waals surface area contributed by atoms with Gasteiger partial charge in [-0.2, -0.15) is 0 Å². The molecule has 0 aromatic carbocycles. The summed E-state index contributed by atoms with van der Waals surface area (Å²) in [7, 11) is -5.12. The van der Waals surface area contributed by atoms with E-state index in [-0.39, 0.29) is 12.8 Å². The van der Waals surface area contributed by atoms with Gasteiger partial charge in [0.2, 0.25) is 0 Å². The number of carbonyl (C=O) groups is 2. The summed E-state index contributed by atoms with van der Waals surface area (Å²) >= 11 is 0. The number of hydrogen-bond acceptors (Lipinski definition) is 12. The summed E-state index contributed by atoms with van der Waals surface area (Å²) in [4.78, 5) is 35.5. The number of phosphoric ester groups is 1. The van der Waals surface area contributed by atoms with Crippen molar-refractivity contribution in [2.45, 2.75) is 185 Å². The molecule has 318 valence electrons. The highest BCUT2D eigenvalue weighted by atomic mass is 31.2. The van der Waals surface area contributed by atoms with Crippen molar-refractivity contribution in [2.75, 3.05) is 13.2 Å². The van der Waals surface area contributed by atoms with Crippen molar-refractivity contribution in [1.82, 2.24) is 0 Å². The normalized spacial score (nSPS) is 23.6. The molecule has 0 heterocycles. The highest BCUT2D eigenvalue weighted by Crippen LogP contribution is 2.47. The molecule has 0 radical (unpaired) electrons. The second-order valence-electron chi connectivity index (χ2n) is 14.1. The van der Waals surface area contributed by atoms with Crippen LogP contribution in [0.25, 0.3) is 0 Å². The number of esters is 2. The van der Waals surface area contributed by atoms with Gasteiger partial charge in [0.1, 0.15) is 43.2 Å². The molecule has 55 heavy (non-hydrogen) atoms. The van der Waals surface area contributed by atoms with E-state index in [1.54, 1.807) is 0 Å². The molecule has 0 saturated heterocycles. The van der Waals surface area contributed by atoms with Crippen molar-refractivity contribution < 1.29 is 63.1 Å². The van der Waals surface area contributed by atoms with E-state index in [1.165, 1.54) is 38.5 Å². The molecule has 0 aromatic heterocycles. The van der Waals surface area contributed by atoms with Gasteiger partial charge in [0.25, 0.3) is 0 Å². The second-order valence-corrected chi connectivity index (χ2v) is 15.5. The molecule has 14 heteroatoms. The van der Waals surface area contributed by atoms with Crippen LogP contribution in [-0.4, -0.2) is 98.3 Å². The van der Waals surface area contributed by atoms with Crippen LogP contribution in [0.5, 0.6) is 0 Å². The molecule has 0 spiro atoms. The fraction of sp³-hybridized carbons (Fsp3) is 0.756. The standard InChI is InChI=1S/C41H71O13P/c1-3-5-7-9-11-13-15-16-17-18-20-21-23-25-27-29-34(42)51-31-33(53-35(43)30-28-26-24-22-19-14-12-10-8-6-4-2)32-52-55(49,50)54-41-39(47)37(45)36(44)38(46)40(41)48/h5,7,11,13,16-17,20-21,33,36-41,44-48H,3-4,6,8-10,12,14-15,18-19,22-32H2,1-2H3,(H,49,50)/b7-5-,13-11-,17-16-,21-20-/t33-,36?,37-,38?,39?,40?,41?/m1/s1. The summed E-state index contributed by atoms with van der Waals surface area (Å²) < 4.78 is 33.3. The average molecular weight is 803 g/mol. The fourth-order valence-electron chi connectivity index (χ4n) is 5.86. The Morgan fingerprint density at radius 2 is 1.04 bits per heavy atom. The molecule has 6 unspecified atom stereocenters. The first kappa shape index (κ1) is 50.8. The minimum Gasteiger partial charge on any atom is -0.462 e. The molecule has 1 fully saturated rings. The fourth-order valence-corrected chi connectivity index (χ4v) is 6.84. The zero-order valence-electron chi connectivity index (χ0n) is 33.2. The topological polar surface area (TPSA) is 210 Å². The summed E-state index contributed by atoms with van der Waals surface area (Å²) in [5.74, 6) is -1.15. The zero-order valence-corrected chi connectivity index (χ0v) is 34.1. The summed E-state index contributed by atoms with van der Waals surface area (Å²) in [6, 6.07) is 0. The molecule has 1 rings (SSSR count). The van der Waals surface area contributed by atoms with Gasteiger partial charge in [-0.15, -0.1) is 0 Å². The van der Waals surface area contributed by atoms with Crippen molar-refractivity contribution in [3.63, 3.8) is 0 Å². The Morgan fingerprint density at radius 1 is 0.582 bits per heavy atom. The molecule has 0 aliphatic heterocycles. The predicted molar refractivity (Wildman–Crippen MR) is 212 cm³/mol. The Kier molecular flexibility index (Phi) is 29.4. The molecule has 6 N–H and O–H groups in total. The number of hydrogen-bond donors (Lipinski definition) is 6. The van der Waals surface area contributed by atoms with E-state index in [9.17, 15) is 44.6 Å². The minimum absolute atomic E-state index is 0.0879. The highest BCUT2D eigenvalue weighted by Gasteiger charge is 2.51. The largest absolute Gasteiger partial charge is 0.472 e. The lowest BCUT2D eigenvalue weighted by molar-refractivity contribution is -0.220. The SMILES string of the molecule is CC/C=C\C/C=C\C/C=C\C/C=C\CCCCC(=O)OC[C@H](COP(=O)(O)OC1C(O)C(O)C(O)[C@@H](O)C1O)OC(=O)CCCCCCCCCCCCC. The van der Waals surface area contributed by atoms with Crippen LogP contribution in [-0.2, 0) is 32.7 Å². The van der Waals surface area contributed by atoms with Crippen LogP contribution in [0.4, 0.5) is 0 Å². The number of unbranched alkanes of at least 4 members (excludes halogenated alkanes) is 12. The highest BCUT2D eigenvalue weighted by molar-refractivity contribution is 7.47.